The minimum atomic E-state index is 0.0816. The Kier molecular flexibility index (Phi) is 2.87. The Labute approximate surface area is 113 Å². The van der Waals surface area contributed by atoms with Gasteiger partial charge in [0.2, 0.25) is 0 Å². The van der Waals surface area contributed by atoms with E-state index in [1.54, 1.807) is 0 Å². The minimum Gasteiger partial charge on any atom is -0.395 e. The maximum Gasteiger partial charge on any atom is 0.140 e. The predicted octanol–water partition coefficient (Wildman–Crippen LogP) is 1.75. The molecule has 19 heavy (non-hydrogen) atoms. The lowest BCUT2D eigenvalue weighted by molar-refractivity contribution is 0.221. The molecule has 2 aromatic heterocycles. The zero-order chi connectivity index (χ0) is 13.6. The minimum absolute atomic E-state index is 0.0816. The maximum absolute atomic E-state index is 9.36. The number of rotatable bonds is 2. The summed E-state index contributed by atoms with van der Waals surface area (Å²) in [5.74, 6) is 0. The van der Waals surface area contributed by atoms with E-state index >= 15 is 0 Å². The summed E-state index contributed by atoms with van der Waals surface area (Å²) in [5, 5.41) is 10.6. The lowest BCUT2D eigenvalue weighted by Crippen LogP contribution is -2.41. The molecule has 1 aliphatic heterocycles. The van der Waals surface area contributed by atoms with E-state index in [2.05, 4.69) is 41.4 Å². The fourth-order valence-corrected chi connectivity index (χ4v) is 3.57. The van der Waals surface area contributed by atoms with Crippen molar-refractivity contribution in [1.29, 1.82) is 0 Å². The Morgan fingerprint density at radius 2 is 2.21 bits per heavy atom. The van der Waals surface area contributed by atoms with E-state index < -0.39 is 0 Å². The maximum atomic E-state index is 9.36. The van der Waals surface area contributed by atoms with Gasteiger partial charge >= 0.3 is 0 Å². The molecule has 3 rings (SSSR count). The van der Waals surface area contributed by atoms with E-state index in [1.807, 2.05) is 12.3 Å². The van der Waals surface area contributed by atoms with Crippen LogP contribution in [0.2, 0.25) is 0 Å². The molecule has 102 valence electrons. The van der Waals surface area contributed by atoms with Gasteiger partial charge in [-0.05, 0) is 24.7 Å². The van der Waals surface area contributed by atoms with Crippen molar-refractivity contribution in [2.75, 3.05) is 20.2 Å². The van der Waals surface area contributed by atoms with Gasteiger partial charge in [-0.1, -0.05) is 13.8 Å². The molecule has 0 saturated heterocycles. The monoisotopic (exact) mass is 259 g/mol. The number of fused-ring (bicyclic) bond motifs is 3. The van der Waals surface area contributed by atoms with Crippen molar-refractivity contribution < 1.29 is 5.11 Å². The second-order valence-electron chi connectivity index (χ2n) is 6.13. The summed E-state index contributed by atoms with van der Waals surface area (Å²) >= 11 is 0. The number of aromatic nitrogens is 2. The average molecular weight is 259 g/mol. The van der Waals surface area contributed by atoms with Crippen molar-refractivity contribution in [3.63, 3.8) is 0 Å². The first-order valence-corrected chi connectivity index (χ1v) is 6.80. The zero-order valence-electron chi connectivity index (χ0n) is 11.8. The molecule has 0 atom stereocenters. The summed E-state index contributed by atoms with van der Waals surface area (Å²) in [6.07, 6.45) is 1.83. The number of aliphatic hydroxyl groups is 1. The molecule has 3 heterocycles. The third kappa shape index (κ3) is 1.86. The van der Waals surface area contributed by atoms with Crippen LogP contribution in [-0.4, -0.2) is 39.8 Å². The van der Waals surface area contributed by atoms with Gasteiger partial charge in [0, 0.05) is 42.3 Å². The van der Waals surface area contributed by atoms with E-state index in [0.717, 1.165) is 18.7 Å². The zero-order valence-corrected chi connectivity index (χ0v) is 11.8. The van der Waals surface area contributed by atoms with Crippen molar-refractivity contribution >= 4 is 11.0 Å². The summed E-state index contributed by atoms with van der Waals surface area (Å²) in [4.78, 5) is 6.89. The molecule has 0 aliphatic carbocycles. The van der Waals surface area contributed by atoms with Gasteiger partial charge in [0.25, 0.3) is 0 Å². The van der Waals surface area contributed by atoms with Gasteiger partial charge in [-0.15, -0.1) is 0 Å². The summed E-state index contributed by atoms with van der Waals surface area (Å²) in [7, 11) is 2.16. The Morgan fingerprint density at radius 1 is 1.42 bits per heavy atom. The number of aliphatic hydroxyl groups excluding tert-OH is 1. The highest BCUT2D eigenvalue weighted by molar-refractivity contribution is 5.83. The van der Waals surface area contributed by atoms with Crippen LogP contribution in [0.1, 0.15) is 25.1 Å². The second kappa shape index (κ2) is 4.32. The predicted molar refractivity (Wildman–Crippen MR) is 76.2 cm³/mol. The van der Waals surface area contributed by atoms with E-state index in [4.69, 9.17) is 0 Å². The molecular weight excluding hydrogens is 238 g/mol. The normalized spacial score (nSPS) is 18.7. The van der Waals surface area contributed by atoms with Crippen LogP contribution in [0.5, 0.6) is 0 Å². The summed E-state index contributed by atoms with van der Waals surface area (Å²) in [5.41, 5.74) is 3.80. The van der Waals surface area contributed by atoms with Crippen LogP contribution >= 0.6 is 0 Å². The van der Waals surface area contributed by atoms with Crippen LogP contribution in [0.3, 0.4) is 0 Å². The van der Waals surface area contributed by atoms with Gasteiger partial charge in [-0.2, -0.15) is 0 Å². The van der Waals surface area contributed by atoms with Crippen LogP contribution in [0, 0.1) is 0 Å². The van der Waals surface area contributed by atoms with Crippen LogP contribution in [-0.2, 0) is 18.5 Å². The fraction of sp³-hybridized carbons (Fsp3) is 0.533. The molecule has 0 unspecified atom stereocenters. The molecule has 4 heteroatoms. The third-order valence-electron chi connectivity index (χ3n) is 3.98. The summed E-state index contributed by atoms with van der Waals surface area (Å²) in [6, 6.07) is 4.14. The molecule has 0 fully saturated rings. The van der Waals surface area contributed by atoms with Crippen molar-refractivity contribution in [1.82, 2.24) is 14.5 Å². The van der Waals surface area contributed by atoms with Crippen molar-refractivity contribution in [2.24, 2.45) is 0 Å². The average Bonchev–Trinajstić information content (AvgIpc) is 2.65. The molecule has 1 aliphatic rings. The molecule has 2 aromatic rings. The first-order valence-electron chi connectivity index (χ1n) is 6.80. The van der Waals surface area contributed by atoms with Gasteiger partial charge in [0.05, 0.1) is 6.61 Å². The molecule has 0 bridgehead atoms. The van der Waals surface area contributed by atoms with E-state index in [1.165, 1.54) is 16.6 Å². The molecule has 0 amide bonds. The van der Waals surface area contributed by atoms with Crippen LogP contribution in [0.25, 0.3) is 11.0 Å². The van der Waals surface area contributed by atoms with Gasteiger partial charge in [-0.3, -0.25) is 0 Å². The number of likely N-dealkylation sites (N-methyl/N-ethyl adjacent to an activating group) is 1. The van der Waals surface area contributed by atoms with Gasteiger partial charge < -0.3 is 14.6 Å². The Morgan fingerprint density at radius 3 is 2.95 bits per heavy atom. The van der Waals surface area contributed by atoms with Gasteiger partial charge in [0.1, 0.15) is 5.65 Å². The smallest absolute Gasteiger partial charge is 0.140 e. The van der Waals surface area contributed by atoms with Crippen LogP contribution < -0.4 is 0 Å². The van der Waals surface area contributed by atoms with E-state index in [-0.39, 0.29) is 12.0 Å². The van der Waals surface area contributed by atoms with Crippen LogP contribution in [0.15, 0.2) is 18.3 Å². The summed E-state index contributed by atoms with van der Waals surface area (Å²) < 4.78 is 2.21. The van der Waals surface area contributed by atoms with Crippen LogP contribution in [0.4, 0.5) is 0 Å². The Bertz CT molecular complexity index is 582. The number of hydrogen-bond acceptors (Lipinski definition) is 3. The number of nitrogens with zero attached hydrogens (tertiary/aromatic N) is 3. The first-order chi connectivity index (χ1) is 9.04. The van der Waals surface area contributed by atoms with Crippen molar-refractivity contribution in [3.05, 3.63) is 29.6 Å². The SMILES string of the molecule is CN1Cc2c(n(CCO)c3ncccc23)C(C)(C)C1. The molecule has 4 nitrogen and oxygen atoms in total. The van der Waals surface area contributed by atoms with Gasteiger partial charge in [-0.25, -0.2) is 4.98 Å². The van der Waals surface area contributed by atoms with Crippen molar-refractivity contribution in [2.45, 2.75) is 32.4 Å². The Balaban J connectivity index is 2.34. The molecule has 0 aromatic carbocycles. The second-order valence-corrected chi connectivity index (χ2v) is 6.13. The highest BCUT2D eigenvalue weighted by Crippen LogP contribution is 2.38. The van der Waals surface area contributed by atoms with E-state index in [9.17, 15) is 5.11 Å². The van der Waals surface area contributed by atoms with Crippen molar-refractivity contribution in [3.8, 4) is 0 Å². The topological polar surface area (TPSA) is 41.3 Å². The summed E-state index contributed by atoms with van der Waals surface area (Å²) in [6.45, 7) is 7.30. The molecule has 1 N–H and O–H groups in total. The number of hydrogen-bond donors (Lipinski definition) is 1. The highest BCUT2D eigenvalue weighted by atomic mass is 16.3. The Hall–Kier alpha value is -1.39. The lowest BCUT2D eigenvalue weighted by atomic mass is 9.82. The quantitative estimate of drug-likeness (QED) is 0.893. The third-order valence-corrected chi connectivity index (χ3v) is 3.98. The highest BCUT2D eigenvalue weighted by Gasteiger charge is 2.35. The standard InChI is InChI=1S/C15H21N3O/c1-15(2)10-17(3)9-12-11-5-4-6-16-14(11)18(7-8-19)13(12)15/h4-6,19H,7-10H2,1-3H3. The molecule has 0 radical (unpaired) electrons. The largest absolute Gasteiger partial charge is 0.395 e. The molecular formula is C15H21N3O. The molecule has 0 spiro atoms. The van der Waals surface area contributed by atoms with Gasteiger partial charge in [0.15, 0.2) is 0 Å². The number of pyridine rings is 1. The van der Waals surface area contributed by atoms with E-state index in [0.29, 0.717) is 6.54 Å². The molecule has 0 saturated carbocycles. The fourth-order valence-electron chi connectivity index (χ4n) is 3.57. The first kappa shape index (κ1) is 12.6. The lowest BCUT2D eigenvalue weighted by Gasteiger charge is -2.37.